The van der Waals surface area contributed by atoms with Gasteiger partial charge in [-0.1, -0.05) is 43.5 Å². The predicted octanol–water partition coefficient (Wildman–Crippen LogP) is 0.548. The number of aromatic nitrogens is 1. The molecule has 15 heavy (non-hydrogen) atoms. The van der Waals surface area contributed by atoms with E-state index in [2.05, 4.69) is 30.3 Å². The van der Waals surface area contributed by atoms with Crippen LogP contribution in [0.5, 0.6) is 0 Å². The summed E-state index contributed by atoms with van der Waals surface area (Å²) in [6.45, 7) is 11.5. The zero-order chi connectivity index (χ0) is 11.3. The van der Waals surface area contributed by atoms with Crippen LogP contribution in [0.15, 0.2) is 25.3 Å². The Morgan fingerprint density at radius 2 is 1.53 bits per heavy atom. The lowest BCUT2D eigenvalue weighted by Crippen LogP contribution is -2.36. The summed E-state index contributed by atoms with van der Waals surface area (Å²) in [7, 11) is 0. The molecule has 0 aromatic carbocycles. The Labute approximate surface area is 90.2 Å². The molecule has 0 spiro atoms. The average Bonchev–Trinajstić information content (AvgIpc) is 2.57. The van der Waals surface area contributed by atoms with Gasteiger partial charge < -0.3 is 4.98 Å². The van der Waals surface area contributed by atoms with E-state index in [0.717, 1.165) is 10.7 Å². The van der Waals surface area contributed by atoms with Crippen molar-refractivity contribution in [3.05, 3.63) is 46.4 Å². The van der Waals surface area contributed by atoms with Crippen LogP contribution in [-0.4, -0.2) is 4.98 Å². The van der Waals surface area contributed by atoms with Crippen molar-refractivity contribution in [1.29, 1.82) is 0 Å². The van der Waals surface area contributed by atoms with Crippen LogP contribution >= 0.6 is 0 Å². The first-order valence-electron chi connectivity index (χ1n) is 5.04. The molecule has 0 unspecified atom stereocenters. The molecule has 1 heterocycles. The average molecular weight is 199 g/mol. The van der Waals surface area contributed by atoms with E-state index in [1.165, 1.54) is 10.4 Å². The van der Waals surface area contributed by atoms with Crippen LogP contribution in [0, 0.1) is 0 Å². The van der Waals surface area contributed by atoms with Gasteiger partial charge in [0.05, 0.1) is 0 Å². The SMILES string of the molecule is C=C/C=c1/c(=C/C)/c(=C\C=C)[nH]/c1=C/C. The fraction of sp³-hybridized carbons (Fsp3) is 0.143. The highest BCUT2D eigenvalue weighted by Crippen LogP contribution is 1.64. The van der Waals surface area contributed by atoms with Crippen molar-refractivity contribution in [3.63, 3.8) is 0 Å². The number of nitrogens with one attached hydrogen (secondary N) is 1. The van der Waals surface area contributed by atoms with Gasteiger partial charge in [0, 0.05) is 21.1 Å². The molecule has 1 N–H and O–H groups in total. The van der Waals surface area contributed by atoms with Gasteiger partial charge in [-0.25, -0.2) is 0 Å². The molecule has 78 valence electrons. The Morgan fingerprint density at radius 1 is 0.867 bits per heavy atom. The van der Waals surface area contributed by atoms with Crippen molar-refractivity contribution >= 4 is 24.3 Å². The second kappa shape index (κ2) is 5.20. The van der Waals surface area contributed by atoms with Gasteiger partial charge in [-0.2, -0.15) is 0 Å². The minimum atomic E-state index is 1.09. The molecule has 1 heteroatoms. The molecule has 1 rings (SSSR count). The summed E-state index contributed by atoms with van der Waals surface area (Å²) in [5.41, 5.74) is 0. The summed E-state index contributed by atoms with van der Waals surface area (Å²) in [4.78, 5) is 3.34. The lowest BCUT2D eigenvalue weighted by Gasteiger charge is -1.77. The van der Waals surface area contributed by atoms with E-state index in [0.29, 0.717) is 0 Å². The molecule has 0 fully saturated rings. The molecule has 0 atom stereocenters. The lowest BCUT2D eigenvalue weighted by atomic mass is 10.3. The normalized spacial score (nSPS) is 16.1. The fourth-order valence-electron chi connectivity index (χ4n) is 1.66. The summed E-state index contributed by atoms with van der Waals surface area (Å²) in [6, 6.07) is 0. The van der Waals surface area contributed by atoms with Crippen molar-refractivity contribution in [2.75, 3.05) is 0 Å². The molecule has 0 aliphatic carbocycles. The minimum absolute atomic E-state index is 1.09. The first-order valence-corrected chi connectivity index (χ1v) is 5.04. The minimum Gasteiger partial charge on any atom is -0.355 e. The molecule has 0 aliphatic rings. The van der Waals surface area contributed by atoms with Gasteiger partial charge in [-0.05, 0) is 19.9 Å². The first kappa shape index (κ1) is 11.3. The molecule has 0 bridgehead atoms. The highest BCUT2D eigenvalue weighted by molar-refractivity contribution is 5.43. The Kier molecular flexibility index (Phi) is 3.92. The molecule has 0 amide bonds. The molecule has 0 aliphatic heterocycles. The second-order valence-electron chi connectivity index (χ2n) is 3.16. The maximum atomic E-state index is 3.73. The number of allylic oxidation sites excluding steroid dienone is 2. The third-order valence-electron chi connectivity index (χ3n) is 2.29. The lowest BCUT2D eigenvalue weighted by molar-refractivity contribution is 1.25. The van der Waals surface area contributed by atoms with Gasteiger partial charge in [0.15, 0.2) is 0 Å². The van der Waals surface area contributed by atoms with Gasteiger partial charge in [0.1, 0.15) is 0 Å². The van der Waals surface area contributed by atoms with E-state index in [1.54, 1.807) is 12.2 Å². The Balaban J connectivity index is 3.97. The van der Waals surface area contributed by atoms with Crippen LogP contribution in [-0.2, 0) is 0 Å². The van der Waals surface area contributed by atoms with E-state index < -0.39 is 0 Å². The maximum Gasteiger partial charge on any atom is 0.0461 e. The van der Waals surface area contributed by atoms with Crippen molar-refractivity contribution in [1.82, 2.24) is 4.98 Å². The van der Waals surface area contributed by atoms with Crippen molar-refractivity contribution < 1.29 is 0 Å². The van der Waals surface area contributed by atoms with Crippen LogP contribution < -0.4 is 21.1 Å². The predicted molar refractivity (Wildman–Crippen MR) is 68.9 cm³/mol. The number of H-pyrrole nitrogens is 1. The summed E-state index contributed by atoms with van der Waals surface area (Å²) in [5.74, 6) is 0. The Hall–Kier alpha value is -1.76. The summed E-state index contributed by atoms with van der Waals surface area (Å²) in [5, 5.41) is 4.59. The third kappa shape index (κ3) is 2.18. The Morgan fingerprint density at radius 3 is 2.00 bits per heavy atom. The number of hydrogen-bond donors (Lipinski definition) is 1. The van der Waals surface area contributed by atoms with Crippen LogP contribution in [0.3, 0.4) is 0 Å². The van der Waals surface area contributed by atoms with Gasteiger partial charge >= 0.3 is 0 Å². The van der Waals surface area contributed by atoms with Crippen LogP contribution in [0.25, 0.3) is 24.3 Å². The standard InChI is InChI=1S/C14H17N/c1-5-9-12-11(7-3)14(10-6-2)15-13(12)8-4/h5-10,15H,1-2H2,3-4H3/b11-7-,12-9-,13-8+,14-10+. The van der Waals surface area contributed by atoms with Gasteiger partial charge in [-0.3, -0.25) is 0 Å². The molecule has 1 aromatic rings. The Bertz CT molecular complexity index is 583. The molecule has 0 saturated carbocycles. The largest absolute Gasteiger partial charge is 0.355 e. The summed E-state index contributed by atoms with van der Waals surface area (Å²) < 4.78 is 0. The maximum absolute atomic E-state index is 3.73. The molecular formula is C14H17N. The molecule has 1 aromatic heterocycles. The van der Waals surface area contributed by atoms with Crippen LogP contribution in [0.2, 0.25) is 0 Å². The number of hydrogen-bond acceptors (Lipinski definition) is 0. The molecular weight excluding hydrogens is 182 g/mol. The van der Waals surface area contributed by atoms with Gasteiger partial charge in [0.25, 0.3) is 0 Å². The monoisotopic (exact) mass is 199 g/mol. The van der Waals surface area contributed by atoms with Crippen LogP contribution in [0.4, 0.5) is 0 Å². The smallest absolute Gasteiger partial charge is 0.0461 e. The quantitative estimate of drug-likeness (QED) is 0.716. The number of rotatable bonds is 2. The van der Waals surface area contributed by atoms with Crippen molar-refractivity contribution in [3.8, 4) is 0 Å². The van der Waals surface area contributed by atoms with E-state index in [9.17, 15) is 0 Å². The summed E-state index contributed by atoms with van der Waals surface area (Å²) in [6.07, 6.45) is 11.7. The van der Waals surface area contributed by atoms with Gasteiger partial charge in [0.2, 0.25) is 0 Å². The highest BCUT2D eigenvalue weighted by Gasteiger charge is 1.91. The number of aromatic amines is 1. The zero-order valence-electron chi connectivity index (χ0n) is 9.38. The van der Waals surface area contributed by atoms with E-state index in [-0.39, 0.29) is 0 Å². The van der Waals surface area contributed by atoms with Crippen LogP contribution in [0.1, 0.15) is 13.8 Å². The van der Waals surface area contributed by atoms with E-state index >= 15 is 0 Å². The third-order valence-corrected chi connectivity index (χ3v) is 2.29. The molecule has 0 radical (unpaired) electrons. The first-order chi connectivity index (χ1) is 7.28. The van der Waals surface area contributed by atoms with Crippen molar-refractivity contribution in [2.45, 2.75) is 13.8 Å². The summed E-state index contributed by atoms with van der Waals surface area (Å²) >= 11 is 0. The second-order valence-corrected chi connectivity index (χ2v) is 3.16. The topological polar surface area (TPSA) is 15.8 Å². The van der Waals surface area contributed by atoms with E-state index in [4.69, 9.17) is 0 Å². The van der Waals surface area contributed by atoms with E-state index in [1.807, 2.05) is 26.0 Å². The van der Waals surface area contributed by atoms with Crippen molar-refractivity contribution in [2.24, 2.45) is 0 Å². The zero-order valence-corrected chi connectivity index (χ0v) is 9.38. The highest BCUT2D eigenvalue weighted by atomic mass is 14.7. The molecule has 1 nitrogen and oxygen atoms in total. The van der Waals surface area contributed by atoms with Gasteiger partial charge in [-0.15, -0.1) is 0 Å². The molecule has 0 saturated heterocycles. The fourth-order valence-corrected chi connectivity index (χ4v) is 1.66.